The van der Waals surface area contributed by atoms with Crippen LogP contribution in [-0.2, 0) is 0 Å². The van der Waals surface area contributed by atoms with Crippen molar-refractivity contribution in [2.75, 3.05) is 18.5 Å². The third-order valence-corrected chi connectivity index (χ3v) is 4.71. The fraction of sp³-hybridized carbons (Fsp3) is 0.217. The Balaban J connectivity index is 1.24. The van der Waals surface area contributed by atoms with E-state index in [1.165, 1.54) is 0 Å². The number of carbonyl (C=O) groups excluding carboxylic acids is 2. The minimum Gasteiger partial charge on any atom is -0.491 e. The Hall–Kier alpha value is -3.54. The van der Waals surface area contributed by atoms with E-state index in [2.05, 4.69) is 16.0 Å². The summed E-state index contributed by atoms with van der Waals surface area (Å²) in [7, 11) is 0. The molecule has 1 saturated carbocycles. The van der Waals surface area contributed by atoms with Crippen molar-refractivity contribution in [2.45, 2.75) is 18.9 Å². The molecule has 1 aliphatic carbocycles. The zero-order chi connectivity index (χ0) is 20.1. The lowest BCUT2D eigenvalue weighted by Crippen LogP contribution is -2.30. The summed E-state index contributed by atoms with van der Waals surface area (Å²) in [6, 6.07) is 20.8. The van der Waals surface area contributed by atoms with Crippen LogP contribution in [0, 0.1) is 0 Å². The first-order chi connectivity index (χ1) is 14.2. The molecule has 4 rings (SSSR count). The van der Waals surface area contributed by atoms with E-state index in [-0.39, 0.29) is 11.9 Å². The molecule has 148 valence electrons. The van der Waals surface area contributed by atoms with Crippen molar-refractivity contribution in [3.05, 3.63) is 72.3 Å². The predicted octanol–water partition coefficient (Wildman–Crippen LogP) is 3.93. The van der Waals surface area contributed by atoms with Gasteiger partial charge in [-0.25, -0.2) is 4.79 Å². The highest BCUT2D eigenvalue weighted by molar-refractivity contribution is 5.95. The SMILES string of the molecule is O=C(Nc1ccc(C(=O)NCCOc2cccc3ccccc23)cc1)NC1CC1. The minimum absolute atomic E-state index is 0.180. The molecule has 3 aromatic rings. The third kappa shape index (κ3) is 5.04. The van der Waals surface area contributed by atoms with Gasteiger partial charge in [-0.05, 0) is 48.6 Å². The molecule has 1 aliphatic rings. The van der Waals surface area contributed by atoms with Gasteiger partial charge < -0.3 is 20.7 Å². The number of ether oxygens (including phenoxy) is 1. The van der Waals surface area contributed by atoms with Gasteiger partial charge in [0.2, 0.25) is 0 Å². The number of carbonyl (C=O) groups is 2. The van der Waals surface area contributed by atoms with Crippen molar-refractivity contribution < 1.29 is 14.3 Å². The first-order valence-corrected chi connectivity index (χ1v) is 9.75. The number of anilines is 1. The van der Waals surface area contributed by atoms with Gasteiger partial charge in [0.25, 0.3) is 5.91 Å². The molecule has 3 N–H and O–H groups in total. The van der Waals surface area contributed by atoms with Crippen LogP contribution in [0.2, 0.25) is 0 Å². The molecule has 0 aliphatic heterocycles. The van der Waals surface area contributed by atoms with E-state index >= 15 is 0 Å². The molecular formula is C23H23N3O3. The van der Waals surface area contributed by atoms with Crippen LogP contribution in [-0.4, -0.2) is 31.1 Å². The number of fused-ring (bicyclic) bond motifs is 1. The van der Waals surface area contributed by atoms with E-state index in [4.69, 9.17) is 4.74 Å². The molecule has 0 aromatic heterocycles. The van der Waals surface area contributed by atoms with Crippen molar-refractivity contribution >= 4 is 28.4 Å². The van der Waals surface area contributed by atoms with Gasteiger partial charge >= 0.3 is 6.03 Å². The topological polar surface area (TPSA) is 79.5 Å². The molecule has 6 nitrogen and oxygen atoms in total. The van der Waals surface area contributed by atoms with Crippen LogP contribution >= 0.6 is 0 Å². The van der Waals surface area contributed by atoms with Gasteiger partial charge in [-0.2, -0.15) is 0 Å². The highest BCUT2D eigenvalue weighted by atomic mass is 16.5. The molecule has 6 heteroatoms. The Bertz CT molecular complexity index is 1010. The first kappa shape index (κ1) is 18.8. The summed E-state index contributed by atoms with van der Waals surface area (Å²) in [5.74, 6) is 0.623. The Labute approximate surface area is 169 Å². The number of rotatable bonds is 7. The van der Waals surface area contributed by atoms with Crippen LogP contribution < -0.4 is 20.7 Å². The summed E-state index contributed by atoms with van der Waals surface area (Å²) >= 11 is 0. The summed E-state index contributed by atoms with van der Waals surface area (Å²) in [6.45, 7) is 0.770. The van der Waals surface area contributed by atoms with Crippen molar-refractivity contribution in [2.24, 2.45) is 0 Å². The normalized spacial score (nSPS) is 13.0. The number of urea groups is 1. The smallest absolute Gasteiger partial charge is 0.319 e. The lowest BCUT2D eigenvalue weighted by Gasteiger charge is -2.11. The fourth-order valence-corrected chi connectivity index (χ4v) is 3.03. The van der Waals surface area contributed by atoms with Gasteiger partial charge in [-0.1, -0.05) is 36.4 Å². The van der Waals surface area contributed by atoms with Gasteiger partial charge in [0.15, 0.2) is 0 Å². The molecule has 0 heterocycles. The quantitative estimate of drug-likeness (QED) is 0.536. The number of benzene rings is 3. The van der Waals surface area contributed by atoms with Gasteiger partial charge in [0.1, 0.15) is 12.4 Å². The fourth-order valence-electron chi connectivity index (χ4n) is 3.03. The standard InChI is InChI=1S/C23H23N3O3/c27-22(17-8-10-18(11-9-17)25-23(28)26-19-12-13-19)24-14-15-29-21-7-3-5-16-4-1-2-6-20(16)21/h1-11,19H,12-15H2,(H,24,27)(H2,25,26,28). The van der Waals surface area contributed by atoms with Gasteiger partial charge in [-0.3, -0.25) is 4.79 Å². The lowest BCUT2D eigenvalue weighted by atomic mass is 10.1. The zero-order valence-corrected chi connectivity index (χ0v) is 16.0. The molecule has 1 fully saturated rings. The lowest BCUT2D eigenvalue weighted by molar-refractivity contribution is 0.0947. The third-order valence-electron chi connectivity index (χ3n) is 4.71. The molecule has 0 unspecified atom stereocenters. The van der Waals surface area contributed by atoms with Crippen LogP contribution in [0.15, 0.2) is 66.7 Å². The van der Waals surface area contributed by atoms with E-state index in [0.717, 1.165) is 29.4 Å². The van der Waals surface area contributed by atoms with Crippen LogP contribution in [0.25, 0.3) is 10.8 Å². The van der Waals surface area contributed by atoms with E-state index in [1.807, 2.05) is 42.5 Å². The van der Waals surface area contributed by atoms with Gasteiger partial charge in [0, 0.05) is 22.7 Å². The number of nitrogens with one attached hydrogen (secondary N) is 3. The van der Waals surface area contributed by atoms with Crippen molar-refractivity contribution in [3.8, 4) is 5.75 Å². The average molecular weight is 389 g/mol. The van der Waals surface area contributed by atoms with Crippen molar-refractivity contribution in [1.82, 2.24) is 10.6 Å². The van der Waals surface area contributed by atoms with Crippen LogP contribution in [0.1, 0.15) is 23.2 Å². The number of hydrogen-bond donors (Lipinski definition) is 3. The maximum absolute atomic E-state index is 12.3. The second-order valence-corrected chi connectivity index (χ2v) is 7.03. The molecule has 29 heavy (non-hydrogen) atoms. The highest BCUT2D eigenvalue weighted by Gasteiger charge is 2.23. The van der Waals surface area contributed by atoms with Gasteiger partial charge in [0.05, 0.1) is 6.54 Å². The van der Waals surface area contributed by atoms with E-state index in [0.29, 0.717) is 30.4 Å². The molecule has 0 spiro atoms. The highest BCUT2D eigenvalue weighted by Crippen LogP contribution is 2.24. The summed E-state index contributed by atoms with van der Waals surface area (Å²) in [4.78, 5) is 24.0. The molecular weight excluding hydrogens is 366 g/mol. The van der Waals surface area contributed by atoms with E-state index in [1.54, 1.807) is 24.3 Å². The van der Waals surface area contributed by atoms with Gasteiger partial charge in [-0.15, -0.1) is 0 Å². The van der Waals surface area contributed by atoms with Crippen LogP contribution in [0.3, 0.4) is 0 Å². The van der Waals surface area contributed by atoms with Crippen LogP contribution in [0.4, 0.5) is 10.5 Å². The average Bonchev–Trinajstić information content (AvgIpc) is 3.55. The van der Waals surface area contributed by atoms with Crippen molar-refractivity contribution in [3.63, 3.8) is 0 Å². The summed E-state index contributed by atoms with van der Waals surface area (Å²) in [5, 5.41) is 10.6. The molecule has 3 amide bonds. The number of amides is 3. The zero-order valence-electron chi connectivity index (χ0n) is 16.0. The second-order valence-electron chi connectivity index (χ2n) is 7.03. The molecule has 0 bridgehead atoms. The Morgan fingerprint density at radius 3 is 2.48 bits per heavy atom. The second kappa shape index (κ2) is 8.65. The molecule has 0 saturated heterocycles. The minimum atomic E-state index is -0.213. The molecule has 0 radical (unpaired) electrons. The maximum Gasteiger partial charge on any atom is 0.319 e. The van der Waals surface area contributed by atoms with E-state index < -0.39 is 0 Å². The summed E-state index contributed by atoms with van der Waals surface area (Å²) < 4.78 is 5.84. The van der Waals surface area contributed by atoms with E-state index in [9.17, 15) is 9.59 Å². The summed E-state index contributed by atoms with van der Waals surface area (Å²) in [5.41, 5.74) is 1.18. The summed E-state index contributed by atoms with van der Waals surface area (Å²) in [6.07, 6.45) is 2.08. The Kier molecular flexibility index (Phi) is 5.61. The monoisotopic (exact) mass is 389 g/mol. The molecule has 3 aromatic carbocycles. The first-order valence-electron chi connectivity index (χ1n) is 9.75. The maximum atomic E-state index is 12.3. The van der Waals surface area contributed by atoms with Crippen molar-refractivity contribution in [1.29, 1.82) is 0 Å². The molecule has 0 atom stereocenters. The predicted molar refractivity (Wildman–Crippen MR) is 113 cm³/mol. The largest absolute Gasteiger partial charge is 0.491 e. The Morgan fingerprint density at radius 2 is 1.69 bits per heavy atom. The Morgan fingerprint density at radius 1 is 0.931 bits per heavy atom. The number of hydrogen-bond acceptors (Lipinski definition) is 3. The van der Waals surface area contributed by atoms with Crippen LogP contribution in [0.5, 0.6) is 5.75 Å².